The maximum atomic E-state index is 13.1. The Balaban J connectivity index is 1.57. The Morgan fingerprint density at radius 3 is 2.46 bits per heavy atom. The Morgan fingerprint density at radius 1 is 1.14 bits per heavy atom. The molecule has 2 aromatic rings. The molecule has 28 heavy (non-hydrogen) atoms. The Morgan fingerprint density at radius 2 is 1.82 bits per heavy atom. The highest BCUT2D eigenvalue weighted by molar-refractivity contribution is 9.10. The van der Waals surface area contributed by atoms with Crippen LogP contribution in [0.3, 0.4) is 0 Å². The van der Waals surface area contributed by atoms with Gasteiger partial charge in [-0.2, -0.15) is 4.31 Å². The van der Waals surface area contributed by atoms with Crippen LogP contribution in [0.1, 0.15) is 12.0 Å². The van der Waals surface area contributed by atoms with Gasteiger partial charge in [0, 0.05) is 24.0 Å². The summed E-state index contributed by atoms with van der Waals surface area (Å²) in [7, 11) is -3.52. The van der Waals surface area contributed by atoms with Crippen molar-refractivity contribution >= 4 is 37.5 Å². The van der Waals surface area contributed by atoms with Crippen molar-refractivity contribution in [1.82, 2.24) is 4.31 Å². The third kappa shape index (κ3) is 5.16. The molecule has 1 aliphatic rings. The van der Waals surface area contributed by atoms with Crippen molar-refractivity contribution in [2.24, 2.45) is 0 Å². The first-order chi connectivity index (χ1) is 13.4. The molecule has 0 radical (unpaired) electrons. The molecule has 6 nitrogen and oxygen atoms in total. The molecule has 0 atom stereocenters. The molecule has 1 saturated heterocycles. The van der Waals surface area contributed by atoms with E-state index in [-0.39, 0.29) is 17.2 Å². The molecule has 0 spiro atoms. The maximum absolute atomic E-state index is 13.1. The molecule has 1 amide bonds. The fourth-order valence-corrected chi connectivity index (χ4v) is 4.68. The van der Waals surface area contributed by atoms with E-state index >= 15 is 0 Å². The molecule has 150 valence electrons. The number of carbonyl (C=O) groups is 1. The third-order valence-corrected chi connectivity index (χ3v) is 6.95. The van der Waals surface area contributed by atoms with Gasteiger partial charge >= 0.3 is 0 Å². The van der Waals surface area contributed by atoms with Gasteiger partial charge in [0.2, 0.25) is 15.9 Å². The van der Waals surface area contributed by atoms with E-state index < -0.39 is 15.8 Å². The number of benzene rings is 2. The Hall–Kier alpha value is -1.81. The number of anilines is 1. The summed E-state index contributed by atoms with van der Waals surface area (Å²) in [5.74, 6) is -0.602. The summed E-state index contributed by atoms with van der Waals surface area (Å²) < 4.78 is 45.4. The van der Waals surface area contributed by atoms with Gasteiger partial charge < -0.3 is 10.1 Å². The zero-order valence-corrected chi connectivity index (χ0v) is 17.4. The monoisotopic (exact) mass is 470 g/mol. The van der Waals surface area contributed by atoms with Crippen molar-refractivity contribution in [1.29, 1.82) is 0 Å². The highest BCUT2D eigenvalue weighted by Gasteiger charge is 2.26. The highest BCUT2D eigenvalue weighted by Crippen LogP contribution is 2.23. The Kier molecular flexibility index (Phi) is 6.82. The number of hydrogen-bond donors (Lipinski definition) is 1. The predicted molar refractivity (Wildman–Crippen MR) is 107 cm³/mol. The number of hydrogen-bond acceptors (Lipinski definition) is 4. The van der Waals surface area contributed by atoms with Crippen LogP contribution in [0.2, 0.25) is 0 Å². The first-order valence-electron chi connectivity index (χ1n) is 8.78. The zero-order chi connectivity index (χ0) is 20.1. The van der Waals surface area contributed by atoms with Crippen molar-refractivity contribution in [3.8, 4) is 0 Å². The Labute approximate surface area is 171 Å². The van der Waals surface area contributed by atoms with Crippen LogP contribution in [-0.4, -0.2) is 44.9 Å². The van der Waals surface area contributed by atoms with Crippen molar-refractivity contribution < 1.29 is 22.3 Å². The van der Waals surface area contributed by atoms with E-state index in [0.717, 1.165) is 5.56 Å². The molecule has 3 rings (SSSR count). The molecular weight excluding hydrogens is 451 g/mol. The third-order valence-electron chi connectivity index (χ3n) is 4.38. The van der Waals surface area contributed by atoms with Crippen LogP contribution in [0.5, 0.6) is 0 Å². The summed E-state index contributed by atoms with van der Waals surface area (Å²) in [6.45, 7) is 1.50. The fourth-order valence-electron chi connectivity index (χ4n) is 2.83. The molecular formula is C19H20BrFN2O4S. The number of amides is 1. The summed E-state index contributed by atoms with van der Waals surface area (Å²) in [4.78, 5) is 12.3. The predicted octanol–water partition coefficient (Wildman–Crippen LogP) is 3.18. The standard InChI is InChI=1S/C19H20BrFN2O4S/c20-17-13-15(21)4-7-18(17)22-19(24)8-3-14-1-5-16(6-2-14)28(25,26)23-9-11-27-12-10-23/h1-2,4-7,13H,3,8-12H2,(H,22,24). The topological polar surface area (TPSA) is 75.7 Å². The second kappa shape index (κ2) is 9.13. The van der Waals surface area contributed by atoms with E-state index in [0.29, 0.717) is 42.9 Å². The van der Waals surface area contributed by atoms with E-state index in [1.807, 2.05) is 0 Å². The van der Waals surface area contributed by atoms with Gasteiger partial charge in [0.05, 0.1) is 23.8 Å². The number of nitrogens with one attached hydrogen (secondary N) is 1. The molecule has 1 aliphatic heterocycles. The van der Waals surface area contributed by atoms with Crippen LogP contribution in [0.25, 0.3) is 0 Å². The molecule has 1 N–H and O–H groups in total. The van der Waals surface area contributed by atoms with Gasteiger partial charge in [0.25, 0.3) is 0 Å². The van der Waals surface area contributed by atoms with Gasteiger partial charge in [-0.1, -0.05) is 12.1 Å². The molecule has 0 bridgehead atoms. The zero-order valence-electron chi connectivity index (χ0n) is 15.0. The normalized spacial score (nSPS) is 15.4. The average molecular weight is 471 g/mol. The molecule has 0 aliphatic carbocycles. The van der Waals surface area contributed by atoms with Crippen LogP contribution < -0.4 is 5.32 Å². The number of morpholine rings is 1. The Bertz CT molecular complexity index is 945. The molecule has 2 aromatic carbocycles. The number of ether oxygens (including phenoxy) is 1. The molecule has 1 fully saturated rings. The van der Waals surface area contributed by atoms with Gasteiger partial charge in [0.1, 0.15) is 5.82 Å². The lowest BCUT2D eigenvalue weighted by molar-refractivity contribution is -0.116. The molecule has 9 heteroatoms. The number of halogens is 2. The van der Waals surface area contributed by atoms with Crippen LogP contribution in [0.4, 0.5) is 10.1 Å². The molecule has 0 saturated carbocycles. The summed E-state index contributed by atoms with van der Waals surface area (Å²) in [6, 6.07) is 10.6. The summed E-state index contributed by atoms with van der Waals surface area (Å²) in [6.07, 6.45) is 0.682. The first kappa shape index (κ1) is 20.9. The van der Waals surface area contributed by atoms with Crippen LogP contribution in [-0.2, 0) is 26.0 Å². The fraction of sp³-hybridized carbons (Fsp3) is 0.316. The maximum Gasteiger partial charge on any atom is 0.243 e. The number of sulfonamides is 1. The van der Waals surface area contributed by atoms with E-state index in [9.17, 15) is 17.6 Å². The number of nitrogens with zero attached hydrogens (tertiary/aromatic N) is 1. The van der Waals surface area contributed by atoms with Crippen LogP contribution >= 0.6 is 15.9 Å². The summed E-state index contributed by atoms with van der Waals surface area (Å²) >= 11 is 3.21. The molecule has 0 unspecified atom stereocenters. The van der Waals surface area contributed by atoms with E-state index in [2.05, 4.69) is 21.2 Å². The minimum Gasteiger partial charge on any atom is -0.379 e. The summed E-state index contributed by atoms with van der Waals surface area (Å²) in [5.41, 5.74) is 1.35. The SMILES string of the molecule is O=C(CCc1ccc(S(=O)(=O)N2CCOCC2)cc1)Nc1ccc(F)cc1Br. The van der Waals surface area contributed by atoms with E-state index in [1.54, 1.807) is 24.3 Å². The molecule has 0 aromatic heterocycles. The first-order valence-corrected chi connectivity index (χ1v) is 11.0. The smallest absolute Gasteiger partial charge is 0.243 e. The number of carbonyl (C=O) groups excluding carboxylic acids is 1. The minimum atomic E-state index is -3.52. The van der Waals surface area contributed by atoms with E-state index in [4.69, 9.17) is 4.74 Å². The largest absolute Gasteiger partial charge is 0.379 e. The average Bonchev–Trinajstić information content (AvgIpc) is 2.69. The minimum absolute atomic E-state index is 0.211. The van der Waals surface area contributed by atoms with Gasteiger partial charge in [0.15, 0.2) is 0 Å². The van der Waals surface area contributed by atoms with Crippen molar-refractivity contribution in [2.75, 3.05) is 31.6 Å². The molecule has 1 heterocycles. The van der Waals surface area contributed by atoms with Gasteiger partial charge in [-0.3, -0.25) is 4.79 Å². The van der Waals surface area contributed by atoms with Gasteiger partial charge in [-0.15, -0.1) is 0 Å². The number of rotatable bonds is 6. The lowest BCUT2D eigenvalue weighted by Gasteiger charge is -2.26. The summed E-state index contributed by atoms with van der Waals surface area (Å²) in [5, 5.41) is 2.72. The van der Waals surface area contributed by atoms with Crippen molar-refractivity contribution in [2.45, 2.75) is 17.7 Å². The lowest BCUT2D eigenvalue weighted by Crippen LogP contribution is -2.40. The van der Waals surface area contributed by atoms with Crippen LogP contribution in [0.15, 0.2) is 51.8 Å². The van der Waals surface area contributed by atoms with Gasteiger partial charge in [-0.25, -0.2) is 12.8 Å². The second-order valence-corrected chi connectivity index (χ2v) is 9.13. The number of aryl methyl sites for hydroxylation is 1. The van der Waals surface area contributed by atoms with Gasteiger partial charge in [-0.05, 0) is 58.2 Å². The van der Waals surface area contributed by atoms with Crippen molar-refractivity contribution in [3.63, 3.8) is 0 Å². The highest BCUT2D eigenvalue weighted by atomic mass is 79.9. The quantitative estimate of drug-likeness (QED) is 0.703. The van der Waals surface area contributed by atoms with Crippen molar-refractivity contribution in [3.05, 3.63) is 58.3 Å². The lowest BCUT2D eigenvalue weighted by atomic mass is 10.1. The van der Waals surface area contributed by atoms with E-state index in [1.165, 1.54) is 22.5 Å². The van der Waals surface area contributed by atoms with Crippen LogP contribution in [0, 0.1) is 5.82 Å². The second-order valence-electron chi connectivity index (χ2n) is 6.33.